The average Bonchev–Trinajstić information content (AvgIpc) is 3.11. The van der Waals surface area contributed by atoms with Crippen molar-refractivity contribution in [1.82, 2.24) is 4.31 Å². The highest BCUT2D eigenvalue weighted by atomic mass is 32.2. The molecule has 0 bridgehead atoms. The van der Waals surface area contributed by atoms with E-state index >= 15 is 0 Å². The van der Waals surface area contributed by atoms with E-state index in [9.17, 15) is 13.2 Å². The Bertz CT molecular complexity index is 995. The number of sulfonamides is 1. The zero-order chi connectivity index (χ0) is 21.0. The van der Waals surface area contributed by atoms with E-state index in [0.29, 0.717) is 18.7 Å². The highest BCUT2D eigenvalue weighted by Crippen LogP contribution is 2.30. The summed E-state index contributed by atoms with van der Waals surface area (Å²) in [6.07, 6.45) is 0. The number of hydrogen-bond donors (Lipinski definition) is 0. The van der Waals surface area contributed by atoms with Gasteiger partial charge >= 0.3 is 0 Å². The molecule has 1 aliphatic rings. The number of rotatable bonds is 7. The van der Waals surface area contributed by atoms with Crippen LogP contribution in [0.15, 0.2) is 70.6 Å². The molecule has 0 radical (unpaired) electrons. The van der Waals surface area contributed by atoms with Crippen molar-refractivity contribution in [2.45, 2.75) is 32.3 Å². The van der Waals surface area contributed by atoms with E-state index in [4.69, 9.17) is 4.74 Å². The molecule has 1 saturated heterocycles. The Kier molecular flexibility index (Phi) is 6.67. The van der Waals surface area contributed by atoms with Crippen LogP contribution < -0.4 is 0 Å². The first-order valence-corrected chi connectivity index (χ1v) is 11.1. The smallest absolute Gasteiger partial charge is 0.243 e. The van der Waals surface area contributed by atoms with Crippen molar-refractivity contribution in [2.75, 3.05) is 19.7 Å². The molecule has 0 aromatic heterocycles. The standard InChI is InChI=1S/C23H27NO4S/c1-17-9-11-21(12-10-17)29(26,27)24-13-18(2)22(14-24)19(3)23(25)16-28-15-20-7-5-4-6-8-20/h4-12,18H,13-16H2,1-3H3/b22-19+/t18-/m1/s1. The molecule has 2 aromatic rings. The Morgan fingerprint density at radius 1 is 1.10 bits per heavy atom. The SMILES string of the molecule is C/C(C(=O)COCc1ccccc1)=C1/CN(S(=O)(=O)c2ccc(C)cc2)C[C@H]1C. The molecule has 0 spiro atoms. The van der Waals surface area contributed by atoms with Crippen LogP contribution in [0.2, 0.25) is 0 Å². The van der Waals surface area contributed by atoms with Crippen molar-refractivity contribution in [3.8, 4) is 0 Å². The lowest BCUT2D eigenvalue weighted by Gasteiger charge is -2.15. The first-order chi connectivity index (χ1) is 13.8. The van der Waals surface area contributed by atoms with E-state index in [2.05, 4.69) is 0 Å². The topological polar surface area (TPSA) is 63.7 Å². The van der Waals surface area contributed by atoms with Crippen LogP contribution in [0.25, 0.3) is 0 Å². The van der Waals surface area contributed by atoms with Gasteiger partial charge in [-0.25, -0.2) is 8.42 Å². The molecule has 0 aliphatic carbocycles. The monoisotopic (exact) mass is 413 g/mol. The largest absolute Gasteiger partial charge is 0.369 e. The maximum Gasteiger partial charge on any atom is 0.243 e. The van der Waals surface area contributed by atoms with Crippen molar-refractivity contribution >= 4 is 15.8 Å². The van der Waals surface area contributed by atoms with Crippen LogP contribution in [0.4, 0.5) is 0 Å². The summed E-state index contributed by atoms with van der Waals surface area (Å²) in [6, 6.07) is 16.5. The van der Waals surface area contributed by atoms with Crippen LogP contribution in [0.1, 0.15) is 25.0 Å². The molecule has 1 aliphatic heterocycles. The summed E-state index contributed by atoms with van der Waals surface area (Å²) >= 11 is 0. The predicted octanol–water partition coefficient (Wildman–Crippen LogP) is 3.74. The van der Waals surface area contributed by atoms with Crippen LogP contribution in [-0.2, 0) is 26.2 Å². The normalized spacial score (nSPS) is 19.3. The van der Waals surface area contributed by atoms with Crippen LogP contribution in [0.3, 0.4) is 0 Å². The van der Waals surface area contributed by atoms with Crippen LogP contribution in [-0.4, -0.2) is 38.2 Å². The molecule has 0 saturated carbocycles. The predicted molar refractivity (Wildman–Crippen MR) is 113 cm³/mol. The van der Waals surface area contributed by atoms with Gasteiger partial charge in [-0.15, -0.1) is 0 Å². The minimum atomic E-state index is -3.58. The van der Waals surface area contributed by atoms with Crippen molar-refractivity contribution in [2.24, 2.45) is 5.92 Å². The van der Waals surface area contributed by atoms with E-state index in [1.165, 1.54) is 4.31 Å². The van der Waals surface area contributed by atoms with Gasteiger partial charge in [0.15, 0.2) is 5.78 Å². The molecule has 5 nitrogen and oxygen atoms in total. The summed E-state index contributed by atoms with van der Waals surface area (Å²) in [5, 5.41) is 0. The van der Waals surface area contributed by atoms with Gasteiger partial charge in [-0.1, -0.05) is 55.0 Å². The molecule has 6 heteroatoms. The summed E-state index contributed by atoms with van der Waals surface area (Å²) in [4.78, 5) is 12.9. The number of benzene rings is 2. The van der Waals surface area contributed by atoms with Crippen LogP contribution >= 0.6 is 0 Å². The van der Waals surface area contributed by atoms with E-state index in [0.717, 1.165) is 16.7 Å². The molecule has 0 N–H and O–H groups in total. The maximum atomic E-state index is 13.0. The highest BCUT2D eigenvalue weighted by molar-refractivity contribution is 7.89. The van der Waals surface area contributed by atoms with Gasteiger partial charge in [0, 0.05) is 13.1 Å². The van der Waals surface area contributed by atoms with Crippen molar-refractivity contribution < 1.29 is 17.9 Å². The van der Waals surface area contributed by atoms with Gasteiger partial charge in [0.1, 0.15) is 6.61 Å². The van der Waals surface area contributed by atoms with Crippen LogP contribution in [0, 0.1) is 12.8 Å². The molecule has 2 aromatic carbocycles. The lowest BCUT2D eigenvalue weighted by atomic mass is 9.98. The molecule has 0 unspecified atom stereocenters. The number of ketones is 1. The van der Waals surface area contributed by atoms with E-state index in [1.807, 2.05) is 44.2 Å². The summed E-state index contributed by atoms with van der Waals surface area (Å²) in [7, 11) is -3.58. The fourth-order valence-electron chi connectivity index (χ4n) is 3.48. The maximum absolute atomic E-state index is 13.0. The lowest BCUT2D eigenvalue weighted by Crippen LogP contribution is -2.28. The number of carbonyl (C=O) groups is 1. The zero-order valence-corrected chi connectivity index (χ0v) is 17.9. The molecule has 1 fully saturated rings. The van der Waals surface area contributed by atoms with Crippen LogP contribution in [0.5, 0.6) is 0 Å². The quantitative estimate of drug-likeness (QED) is 0.649. The number of carbonyl (C=O) groups excluding carboxylic acids is 1. The molecule has 29 heavy (non-hydrogen) atoms. The van der Waals surface area contributed by atoms with Crippen molar-refractivity contribution in [3.63, 3.8) is 0 Å². The van der Waals surface area contributed by atoms with Crippen molar-refractivity contribution in [3.05, 3.63) is 76.9 Å². The van der Waals surface area contributed by atoms with E-state index in [-0.39, 0.29) is 29.7 Å². The number of nitrogens with zero attached hydrogens (tertiary/aromatic N) is 1. The number of ether oxygens (including phenoxy) is 1. The fourth-order valence-corrected chi connectivity index (χ4v) is 4.99. The molecule has 154 valence electrons. The second-order valence-electron chi connectivity index (χ2n) is 7.56. The second-order valence-corrected chi connectivity index (χ2v) is 9.50. The Morgan fingerprint density at radius 2 is 1.76 bits per heavy atom. The Hall–Kier alpha value is -2.28. The van der Waals surface area contributed by atoms with E-state index < -0.39 is 10.0 Å². The lowest BCUT2D eigenvalue weighted by molar-refractivity contribution is -0.120. The third-order valence-corrected chi connectivity index (χ3v) is 7.15. The molecule has 0 amide bonds. The van der Waals surface area contributed by atoms with Gasteiger partial charge in [-0.05, 0) is 48.6 Å². The minimum absolute atomic E-state index is 0.00621. The Labute approximate surface area is 173 Å². The summed E-state index contributed by atoms with van der Waals surface area (Å²) in [5.74, 6) is -0.106. The van der Waals surface area contributed by atoms with Gasteiger partial charge in [0.05, 0.1) is 11.5 Å². The van der Waals surface area contributed by atoms with Gasteiger partial charge < -0.3 is 4.74 Å². The van der Waals surface area contributed by atoms with Crippen molar-refractivity contribution in [1.29, 1.82) is 0 Å². The molecule has 3 rings (SSSR count). The summed E-state index contributed by atoms with van der Waals surface area (Å²) < 4.78 is 32.9. The average molecular weight is 414 g/mol. The highest BCUT2D eigenvalue weighted by Gasteiger charge is 2.35. The van der Waals surface area contributed by atoms with E-state index in [1.54, 1.807) is 31.2 Å². The third kappa shape index (κ3) is 5.01. The number of aryl methyl sites for hydroxylation is 1. The number of hydrogen-bond acceptors (Lipinski definition) is 4. The molecular formula is C23H27NO4S. The zero-order valence-electron chi connectivity index (χ0n) is 17.1. The third-order valence-electron chi connectivity index (χ3n) is 5.32. The summed E-state index contributed by atoms with van der Waals surface area (Å²) in [6.45, 7) is 6.63. The molecule has 1 atom stereocenters. The molecule has 1 heterocycles. The number of Topliss-reactive ketones (excluding diaryl/α,β-unsaturated/α-hetero) is 1. The van der Waals surface area contributed by atoms with Gasteiger partial charge in [0.2, 0.25) is 10.0 Å². The Morgan fingerprint density at radius 3 is 2.41 bits per heavy atom. The Balaban J connectivity index is 1.67. The first kappa shape index (κ1) is 21.4. The van der Waals surface area contributed by atoms with Gasteiger partial charge in [-0.2, -0.15) is 4.31 Å². The second kappa shape index (κ2) is 9.03. The molecular weight excluding hydrogens is 386 g/mol. The summed E-state index contributed by atoms with van der Waals surface area (Å²) in [5.41, 5.74) is 3.49. The first-order valence-electron chi connectivity index (χ1n) is 9.70. The van der Waals surface area contributed by atoms with Gasteiger partial charge in [0.25, 0.3) is 0 Å². The minimum Gasteiger partial charge on any atom is -0.369 e. The fraction of sp³-hybridized carbons (Fsp3) is 0.348. The van der Waals surface area contributed by atoms with Gasteiger partial charge in [-0.3, -0.25) is 4.79 Å².